The molecule has 0 aromatic carbocycles. The number of hydrogen-bond acceptors (Lipinski definition) is 8. The van der Waals surface area contributed by atoms with E-state index in [1.165, 1.54) is 218 Å². The molecule has 1 amide bonds. The van der Waals surface area contributed by atoms with E-state index in [0.29, 0.717) is 6.42 Å². The van der Waals surface area contributed by atoms with Gasteiger partial charge < -0.3 is 40.3 Å². The van der Waals surface area contributed by atoms with Crippen LogP contribution in [0.15, 0.2) is 12.2 Å². The van der Waals surface area contributed by atoms with Crippen LogP contribution in [0.25, 0.3) is 0 Å². The van der Waals surface area contributed by atoms with Crippen LogP contribution in [0, 0.1) is 0 Å². The SMILES string of the molecule is CCCCCCCCC/C=C/[C@@H](O)[C@H](CO[C@@H]1O[C@H](CO)[C@H](O)C(O)C1O)NC(=O)CCCCCCCCCCCCCCCCCCCCCCCCCCCCCCCCCC. The van der Waals surface area contributed by atoms with Gasteiger partial charge in [-0.1, -0.05) is 264 Å². The van der Waals surface area contributed by atoms with Gasteiger partial charge in [-0.05, 0) is 19.3 Å². The summed E-state index contributed by atoms with van der Waals surface area (Å²) in [6, 6.07) is -0.798. The molecule has 0 radical (unpaired) electrons. The zero-order valence-electron chi connectivity index (χ0n) is 42.1. The first-order chi connectivity index (χ1) is 31.3. The molecule has 9 heteroatoms. The topological polar surface area (TPSA) is 149 Å². The second kappa shape index (κ2) is 45.7. The summed E-state index contributed by atoms with van der Waals surface area (Å²) in [6.07, 6.45) is 48.9. The molecule has 380 valence electrons. The van der Waals surface area contributed by atoms with Crippen molar-refractivity contribution in [1.29, 1.82) is 0 Å². The van der Waals surface area contributed by atoms with Gasteiger partial charge in [-0.15, -0.1) is 0 Å². The van der Waals surface area contributed by atoms with Crippen LogP contribution < -0.4 is 5.32 Å². The molecule has 1 heterocycles. The fraction of sp³-hybridized carbons (Fsp3) is 0.945. The van der Waals surface area contributed by atoms with E-state index in [1.807, 2.05) is 6.08 Å². The molecular formula is C55H107NO8. The number of amides is 1. The number of rotatable bonds is 48. The number of hydrogen-bond donors (Lipinski definition) is 6. The Morgan fingerprint density at radius 1 is 0.516 bits per heavy atom. The largest absolute Gasteiger partial charge is 0.394 e. The molecule has 0 aromatic rings. The van der Waals surface area contributed by atoms with Crippen LogP contribution in [-0.4, -0.2) is 87.5 Å². The predicted octanol–water partition coefficient (Wildman–Crippen LogP) is 13.2. The van der Waals surface area contributed by atoms with Gasteiger partial charge in [-0.2, -0.15) is 0 Å². The summed E-state index contributed by atoms with van der Waals surface area (Å²) in [5, 5.41) is 54.2. The number of ether oxygens (including phenoxy) is 2. The molecule has 1 saturated heterocycles. The highest BCUT2D eigenvalue weighted by Crippen LogP contribution is 2.23. The molecule has 0 aliphatic carbocycles. The minimum absolute atomic E-state index is 0.174. The Balaban J connectivity index is 2.05. The summed E-state index contributed by atoms with van der Waals surface area (Å²) in [4.78, 5) is 13.0. The number of allylic oxidation sites excluding steroid dienone is 1. The smallest absolute Gasteiger partial charge is 0.220 e. The Hall–Kier alpha value is -1.07. The fourth-order valence-corrected chi connectivity index (χ4v) is 9.16. The second-order valence-electron chi connectivity index (χ2n) is 19.7. The van der Waals surface area contributed by atoms with Crippen LogP contribution in [0.1, 0.15) is 277 Å². The van der Waals surface area contributed by atoms with E-state index in [9.17, 15) is 30.3 Å². The molecule has 9 nitrogen and oxygen atoms in total. The molecule has 7 atom stereocenters. The molecule has 0 spiro atoms. The number of carbonyl (C=O) groups excluding carboxylic acids is 1. The normalized spacial score (nSPS) is 20.0. The van der Waals surface area contributed by atoms with Crippen molar-refractivity contribution < 1.29 is 39.8 Å². The number of carbonyl (C=O) groups is 1. The van der Waals surface area contributed by atoms with E-state index in [2.05, 4.69) is 19.2 Å². The maximum Gasteiger partial charge on any atom is 0.220 e. The second-order valence-corrected chi connectivity index (χ2v) is 19.7. The van der Waals surface area contributed by atoms with Crippen molar-refractivity contribution >= 4 is 5.91 Å². The first-order valence-electron chi connectivity index (χ1n) is 27.9. The van der Waals surface area contributed by atoms with Crippen molar-refractivity contribution in [2.45, 2.75) is 320 Å². The van der Waals surface area contributed by atoms with E-state index in [-0.39, 0.29) is 12.5 Å². The van der Waals surface area contributed by atoms with Crippen LogP contribution in [0.3, 0.4) is 0 Å². The Bertz CT molecular complexity index is 1010. The van der Waals surface area contributed by atoms with Crippen molar-refractivity contribution in [2.75, 3.05) is 13.2 Å². The summed E-state index contributed by atoms with van der Waals surface area (Å²) in [7, 11) is 0. The summed E-state index contributed by atoms with van der Waals surface area (Å²) >= 11 is 0. The fourth-order valence-electron chi connectivity index (χ4n) is 9.16. The highest BCUT2D eigenvalue weighted by atomic mass is 16.7. The van der Waals surface area contributed by atoms with E-state index in [4.69, 9.17) is 9.47 Å². The zero-order valence-corrected chi connectivity index (χ0v) is 42.1. The molecule has 1 rings (SSSR count). The molecule has 2 unspecified atom stereocenters. The molecule has 6 N–H and O–H groups in total. The van der Waals surface area contributed by atoms with Crippen LogP contribution in [0.4, 0.5) is 0 Å². The monoisotopic (exact) mass is 910 g/mol. The summed E-state index contributed by atoms with van der Waals surface area (Å²) in [5.74, 6) is -0.174. The molecule has 0 bridgehead atoms. The van der Waals surface area contributed by atoms with Gasteiger partial charge in [0.1, 0.15) is 24.4 Å². The molecule has 64 heavy (non-hydrogen) atoms. The van der Waals surface area contributed by atoms with Gasteiger partial charge >= 0.3 is 0 Å². The van der Waals surface area contributed by atoms with Gasteiger partial charge in [0.05, 0.1) is 25.4 Å². The number of aliphatic hydroxyl groups is 5. The summed E-state index contributed by atoms with van der Waals surface area (Å²) in [5.41, 5.74) is 0. The Morgan fingerprint density at radius 3 is 1.22 bits per heavy atom. The quantitative estimate of drug-likeness (QED) is 0.0261. The first-order valence-corrected chi connectivity index (χ1v) is 27.9. The lowest BCUT2D eigenvalue weighted by Gasteiger charge is -2.40. The highest BCUT2D eigenvalue weighted by molar-refractivity contribution is 5.76. The summed E-state index contributed by atoms with van der Waals surface area (Å²) in [6.45, 7) is 3.77. The Morgan fingerprint density at radius 2 is 0.859 bits per heavy atom. The van der Waals surface area contributed by atoms with Crippen LogP contribution in [0.5, 0.6) is 0 Å². The molecule has 1 fully saturated rings. The maximum absolute atomic E-state index is 13.0. The Kier molecular flexibility index (Phi) is 43.5. The van der Waals surface area contributed by atoms with E-state index in [0.717, 1.165) is 38.5 Å². The van der Waals surface area contributed by atoms with Gasteiger partial charge in [0.25, 0.3) is 0 Å². The lowest BCUT2D eigenvalue weighted by molar-refractivity contribution is -0.302. The van der Waals surface area contributed by atoms with E-state index >= 15 is 0 Å². The van der Waals surface area contributed by atoms with Crippen LogP contribution in [0.2, 0.25) is 0 Å². The van der Waals surface area contributed by atoms with Gasteiger partial charge in [0, 0.05) is 6.42 Å². The lowest BCUT2D eigenvalue weighted by Crippen LogP contribution is -2.60. The van der Waals surface area contributed by atoms with Gasteiger partial charge in [-0.25, -0.2) is 0 Å². The Labute approximate surface area is 395 Å². The van der Waals surface area contributed by atoms with E-state index in [1.54, 1.807) is 6.08 Å². The first kappa shape index (κ1) is 60.9. The van der Waals surface area contributed by atoms with Gasteiger partial charge in [0.2, 0.25) is 5.91 Å². The van der Waals surface area contributed by atoms with E-state index < -0.39 is 49.5 Å². The van der Waals surface area contributed by atoms with Crippen LogP contribution in [-0.2, 0) is 14.3 Å². The van der Waals surface area contributed by atoms with Gasteiger partial charge in [-0.3, -0.25) is 4.79 Å². The minimum Gasteiger partial charge on any atom is -0.394 e. The average molecular weight is 910 g/mol. The molecule has 1 aliphatic rings. The zero-order chi connectivity index (χ0) is 46.6. The summed E-state index contributed by atoms with van der Waals surface area (Å²) < 4.78 is 11.2. The average Bonchev–Trinajstić information content (AvgIpc) is 3.29. The maximum atomic E-state index is 13.0. The highest BCUT2D eigenvalue weighted by Gasteiger charge is 2.44. The van der Waals surface area contributed by atoms with Crippen molar-refractivity contribution in [2.24, 2.45) is 0 Å². The molecule has 1 aliphatic heterocycles. The van der Waals surface area contributed by atoms with Crippen LogP contribution >= 0.6 is 0 Å². The number of nitrogens with one attached hydrogen (secondary N) is 1. The standard InChI is InChI=1S/C55H107NO8/c1-3-5-7-9-11-13-14-15-16-17-18-19-20-21-22-23-24-25-26-27-28-29-30-31-32-33-34-35-37-39-41-43-45-51(59)56-48(49(58)44-42-40-38-36-12-10-8-6-4-2)47-63-55-54(62)53(61)52(60)50(46-57)64-55/h42,44,48-50,52-55,57-58,60-62H,3-41,43,45-47H2,1-2H3,(H,56,59)/b44-42+/t48-,49+,50+,52-,53?,54?,55+/m0/s1. The van der Waals surface area contributed by atoms with Crippen molar-refractivity contribution in [3.8, 4) is 0 Å². The minimum atomic E-state index is -1.56. The van der Waals surface area contributed by atoms with Crippen molar-refractivity contribution in [3.63, 3.8) is 0 Å². The lowest BCUT2D eigenvalue weighted by atomic mass is 9.99. The van der Waals surface area contributed by atoms with Crippen molar-refractivity contribution in [1.82, 2.24) is 5.32 Å². The third kappa shape index (κ3) is 35.1. The molecule has 0 saturated carbocycles. The molecule has 0 aromatic heterocycles. The van der Waals surface area contributed by atoms with Crippen molar-refractivity contribution in [3.05, 3.63) is 12.2 Å². The van der Waals surface area contributed by atoms with Gasteiger partial charge in [0.15, 0.2) is 6.29 Å². The predicted molar refractivity (Wildman–Crippen MR) is 267 cm³/mol. The third-order valence-electron chi connectivity index (χ3n) is 13.6. The number of aliphatic hydroxyl groups excluding tert-OH is 5. The number of unbranched alkanes of at least 4 members (excludes halogenated alkanes) is 38. The third-order valence-corrected chi connectivity index (χ3v) is 13.6. The molecular weight excluding hydrogens is 803 g/mol.